The molecule has 4 N–H and O–H groups in total. The van der Waals surface area contributed by atoms with Crippen molar-refractivity contribution in [2.75, 3.05) is 24.9 Å². The van der Waals surface area contributed by atoms with Gasteiger partial charge in [0.25, 0.3) is 0 Å². The lowest BCUT2D eigenvalue weighted by Gasteiger charge is -2.13. The third-order valence-corrected chi connectivity index (χ3v) is 4.30. The van der Waals surface area contributed by atoms with Crippen LogP contribution in [0.5, 0.6) is 23.0 Å². The fourth-order valence-corrected chi connectivity index (χ4v) is 2.90. The second-order valence-electron chi connectivity index (χ2n) is 6.14. The maximum absolute atomic E-state index is 10.0. The molecule has 0 aliphatic heterocycles. The number of phenolic OH excluding ortho intramolecular Hbond substituents is 2. The van der Waals surface area contributed by atoms with Crippen LogP contribution >= 0.6 is 0 Å². The number of fused-ring (bicyclic) bond motifs is 1. The van der Waals surface area contributed by atoms with Crippen molar-refractivity contribution in [1.29, 1.82) is 0 Å². The summed E-state index contributed by atoms with van der Waals surface area (Å²) < 4.78 is 10.3. The molecule has 0 aliphatic carbocycles. The summed E-state index contributed by atoms with van der Waals surface area (Å²) in [5.74, 6) is 1.03. The van der Waals surface area contributed by atoms with Crippen LogP contribution in [0.25, 0.3) is 10.9 Å². The van der Waals surface area contributed by atoms with E-state index in [4.69, 9.17) is 9.47 Å². The molecule has 2 heterocycles. The van der Waals surface area contributed by atoms with Crippen molar-refractivity contribution in [1.82, 2.24) is 19.9 Å². The zero-order valence-electron chi connectivity index (χ0n) is 16.1. The molecule has 0 unspecified atom stereocenters. The van der Waals surface area contributed by atoms with E-state index in [1.54, 1.807) is 36.5 Å². The Morgan fingerprint density at radius 2 is 1.57 bits per heavy atom. The number of hydrogen-bond donors (Lipinski definition) is 4. The van der Waals surface area contributed by atoms with E-state index >= 15 is 0 Å². The van der Waals surface area contributed by atoms with Gasteiger partial charge >= 0.3 is 0 Å². The Labute approximate surface area is 171 Å². The van der Waals surface area contributed by atoms with Gasteiger partial charge in [-0.2, -0.15) is 4.98 Å². The molecule has 10 heteroatoms. The summed E-state index contributed by atoms with van der Waals surface area (Å²) >= 11 is 0. The third kappa shape index (κ3) is 3.65. The van der Waals surface area contributed by atoms with Gasteiger partial charge < -0.3 is 30.3 Å². The van der Waals surface area contributed by atoms with Gasteiger partial charge in [0, 0.05) is 29.4 Å². The number of nitrogens with zero attached hydrogens (tertiary/aromatic N) is 4. The van der Waals surface area contributed by atoms with Crippen LogP contribution in [0, 0.1) is 0 Å². The van der Waals surface area contributed by atoms with Crippen LogP contribution in [0.4, 0.5) is 23.3 Å². The highest BCUT2D eigenvalue weighted by molar-refractivity contribution is 5.96. The van der Waals surface area contributed by atoms with Crippen LogP contribution in [0.1, 0.15) is 0 Å². The SMILES string of the molecule is COc1cc(Nc2ncnc(Nc3ccc(O)c4ncccc34)n2)cc(OC)c1O. The Morgan fingerprint density at radius 3 is 2.27 bits per heavy atom. The van der Waals surface area contributed by atoms with Crippen LogP contribution < -0.4 is 20.1 Å². The molecule has 4 aromatic rings. The highest BCUT2D eigenvalue weighted by Gasteiger charge is 2.13. The lowest BCUT2D eigenvalue weighted by molar-refractivity contribution is 0.340. The molecule has 0 amide bonds. The number of anilines is 4. The monoisotopic (exact) mass is 406 g/mol. The van der Waals surface area contributed by atoms with Crippen molar-refractivity contribution in [2.24, 2.45) is 0 Å². The number of methoxy groups -OCH3 is 2. The summed E-state index contributed by atoms with van der Waals surface area (Å²) in [4.78, 5) is 16.8. The molecule has 2 aromatic carbocycles. The van der Waals surface area contributed by atoms with E-state index in [2.05, 4.69) is 30.6 Å². The van der Waals surface area contributed by atoms with E-state index in [9.17, 15) is 10.2 Å². The summed E-state index contributed by atoms with van der Waals surface area (Å²) in [6, 6.07) is 10.1. The van der Waals surface area contributed by atoms with Gasteiger partial charge in [-0.25, -0.2) is 9.97 Å². The molecule has 2 aromatic heterocycles. The lowest BCUT2D eigenvalue weighted by Crippen LogP contribution is -2.03. The number of hydrogen-bond acceptors (Lipinski definition) is 10. The van der Waals surface area contributed by atoms with E-state index in [0.29, 0.717) is 22.8 Å². The third-order valence-electron chi connectivity index (χ3n) is 4.30. The second kappa shape index (κ2) is 7.95. The van der Waals surface area contributed by atoms with Gasteiger partial charge in [0.15, 0.2) is 11.5 Å². The topological polar surface area (TPSA) is 135 Å². The van der Waals surface area contributed by atoms with Crippen molar-refractivity contribution in [3.8, 4) is 23.0 Å². The molecule has 0 atom stereocenters. The molecule has 0 spiro atoms. The summed E-state index contributed by atoms with van der Waals surface area (Å²) in [5, 5.41) is 26.9. The molecule has 4 rings (SSSR count). The summed E-state index contributed by atoms with van der Waals surface area (Å²) in [5.41, 5.74) is 1.71. The minimum atomic E-state index is -0.101. The van der Waals surface area contributed by atoms with Crippen LogP contribution in [-0.2, 0) is 0 Å². The number of ether oxygens (including phenoxy) is 2. The fraction of sp³-hybridized carbons (Fsp3) is 0.100. The molecule has 0 radical (unpaired) electrons. The van der Waals surface area contributed by atoms with Gasteiger partial charge in [-0.05, 0) is 24.3 Å². The van der Waals surface area contributed by atoms with Crippen LogP contribution in [0.3, 0.4) is 0 Å². The number of aromatic hydroxyl groups is 2. The average Bonchev–Trinajstić information content (AvgIpc) is 2.77. The minimum Gasteiger partial charge on any atom is -0.506 e. The molecule has 0 fully saturated rings. The summed E-state index contributed by atoms with van der Waals surface area (Å²) in [6.07, 6.45) is 2.96. The lowest BCUT2D eigenvalue weighted by atomic mass is 10.1. The first-order chi connectivity index (χ1) is 14.6. The minimum absolute atomic E-state index is 0.0874. The van der Waals surface area contributed by atoms with E-state index in [-0.39, 0.29) is 28.9 Å². The van der Waals surface area contributed by atoms with Gasteiger partial charge in [-0.3, -0.25) is 4.98 Å². The zero-order valence-corrected chi connectivity index (χ0v) is 16.1. The van der Waals surface area contributed by atoms with Gasteiger partial charge in [0.05, 0.1) is 19.9 Å². The normalized spacial score (nSPS) is 10.6. The Bertz CT molecular complexity index is 1190. The number of aromatic nitrogens is 4. The Kier molecular flexibility index (Phi) is 5.04. The van der Waals surface area contributed by atoms with Crippen LogP contribution in [0.2, 0.25) is 0 Å². The first kappa shape index (κ1) is 19.0. The van der Waals surface area contributed by atoms with Crippen LogP contribution in [-0.4, -0.2) is 44.4 Å². The Balaban J connectivity index is 1.62. The van der Waals surface area contributed by atoms with Crippen molar-refractivity contribution in [3.63, 3.8) is 0 Å². The van der Waals surface area contributed by atoms with E-state index in [1.807, 2.05) is 6.07 Å². The molecule has 0 saturated carbocycles. The van der Waals surface area contributed by atoms with Crippen LogP contribution in [0.15, 0.2) is 48.9 Å². The molecule has 30 heavy (non-hydrogen) atoms. The summed E-state index contributed by atoms with van der Waals surface area (Å²) in [6.45, 7) is 0. The van der Waals surface area contributed by atoms with E-state index < -0.39 is 0 Å². The zero-order chi connectivity index (χ0) is 21.1. The van der Waals surface area contributed by atoms with Gasteiger partial charge in [0.2, 0.25) is 17.6 Å². The van der Waals surface area contributed by atoms with Gasteiger partial charge in [0.1, 0.15) is 17.6 Å². The predicted octanol–water partition coefficient (Wildman–Crippen LogP) is 3.34. The quantitative estimate of drug-likeness (QED) is 0.353. The van der Waals surface area contributed by atoms with Gasteiger partial charge in [-0.1, -0.05) is 0 Å². The fourth-order valence-electron chi connectivity index (χ4n) is 2.90. The highest BCUT2D eigenvalue weighted by atomic mass is 16.5. The molecule has 152 valence electrons. The number of benzene rings is 2. The van der Waals surface area contributed by atoms with Crippen molar-refractivity contribution >= 4 is 34.2 Å². The van der Waals surface area contributed by atoms with Crippen molar-refractivity contribution in [2.45, 2.75) is 0 Å². The van der Waals surface area contributed by atoms with E-state index in [0.717, 1.165) is 5.39 Å². The number of phenols is 2. The highest BCUT2D eigenvalue weighted by Crippen LogP contribution is 2.39. The second-order valence-corrected chi connectivity index (χ2v) is 6.14. The molecule has 0 bridgehead atoms. The molecule has 0 saturated heterocycles. The predicted molar refractivity (Wildman–Crippen MR) is 111 cm³/mol. The first-order valence-electron chi connectivity index (χ1n) is 8.84. The van der Waals surface area contributed by atoms with Crippen molar-refractivity contribution < 1.29 is 19.7 Å². The number of nitrogens with one attached hydrogen (secondary N) is 2. The molecule has 0 aliphatic rings. The maximum atomic E-state index is 10.0. The largest absolute Gasteiger partial charge is 0.506 e. The standard InChI is InChI=1S/C20H18N6O4/c1-29-15-8-11(9-16(30-2)18(15)28)24-19-22-10-23-20(26-19)25-13-5-6-14(27)17-12(13)4-3-7-21-17/h3-10,27-28H,1-2H3,(H2,22,23,24,25,26). The summed E-state index contributed by atoms with van der Waals surface area (Å²) in [7, 11) is 2.89. The van der Waals surface area contributed by atoms with Gasteiger partial charge in [-0.15, -0.1) is 0 Å². The maximum Gasteiger partial charge on any atom is 0.232 e. The average molecular weight is 406 g/mol. The van der Waals surface area contributed by atoms with Crippen molar-refractivity contribution in [3.05, 3.63) is 48.9 Å². The molecular formula is C20H18N6O4. The Morgan fingerprint density at radius 1 is 0.867 bits per heavy atom. The number of rotatable bonds is 6. The first-order valence-corrected chi connectivity index (χ1v) is 8.84. The smallest absolute Gasteiger partial charge is 0.232 e. The molecular weight excluding hydrogens is 388 g/mol. The number of pyridine rings is 1. The van der Waals surface area contributed by atoms with E-state index in [1.165, 1.54) is 20.5 Å². The Hall–Kier alpha value is -4.34. The molecule has 10 nitrogen and oxygen atoms in total.